The summed E-state index contributed by atoms with van der Waals surface area (Å²) in [4.78, 5) is 43.5. The van der Waals surface area contributed by atoms with Crippen molar-refractivity contribution in [2.45, 2.75) is 89.9 Å². The van der Waals surface area contributed by atoms with Crippen molar-refractivity contribution in [3.63, 3.8) is 0 Å². The Bertz CT molecular complexity index is 964. The Balaban J connectivity index is 1.80. The Morgan fingerprint density at radius 3 is 2.56 bits per heavy atom. The number of ether oxygens (including phenoxy) is 1. The van der Waals surface area contributed by atoms with Crippen LogP contribution in [0, 0.1) is 5.92 Å². The predicted octanol–water partition coefficient (Wildman–Crippen LogP) is 4.29. The Morgan fingerprint density at radius 2 is 1.92 bits per heavy atom. The van der Waals surface area contributed by atoms with Crippen molar-refractivity contribution in [1.82, 2.24) is 9.80 Å². The molecule has 3 rings (SSSR count). The Morgan fingerprint density at radius 1 is 1.19 bits per heavy atom. The highest BCUT2D eigenvalue weighted by molar-refractivity contribution is 6.42. The van der Waals surface area contributed by atoms with Crippen LogP contribution in [0.2, 0.25) is 10.0 Å². The molecule has 2 heterocycles. The van der Waals surface area contributed by atoms with Gasteiger partial charge in [-0.15, -0.1) is 0 Å². The first-order chi connectivity index (χ1) is 16.9. The van der Waals surface area contributed by atoms with E-state index in [-0.39, 0.29) is 49.6 Å². The van der Waals surface area contributed by atoms with E-state index in [1.165, 1.54) is 0 Å². The van der Waals surface area contributed by atoms with Crippen LogP contribution in [0.4, 0.5) is 0 Å². The highest BCUT2D eigenvalue weighted by Crippen LogP contribution is 2.32. The van der Waals surface area contributed by atoms with Gasteiger partial charge in [-0.25, -0.2) is 0 Å². The third-order valence-corrected chi connectivity index (χ3v) is 7.67. The normalized spacial score (nSPS) is 23.8. The number of carbonyl (C=O) groups is 3. The van der Waals surface area contributed by atoms with Crippen molar-refractivity contribution < 1.29 is 24.2 Å². The predicted molar refractivity (Wildman–Crippen MR) is 140 cm³/mol. The number of hydrogen-bond acceptors (Lipinski definition) is 6. The summed E-state index contributed by atoms with van der Waals surface area (Å²) in [5.41, 5.74) is 0.250. The second kappa shape index (κ2) is 12.2. The van der Waals surface area contributed by atoms with E-state index in [1.807, 2.05) is 6.07 Å². The molecule has 2 saturated heterocycles. The number of ketones is 1. The largest absolute Gasteiger partial charge is 0.460 e. The molecule has 9 heteroatoms. The summed E-state index contributed by atoms with van der Waals surface area (Å²) in [5.74, 6) is -0.250. The van der Waals surface area contributed by atoms with Crippen LogP contribution in [-0.2, 0) is 25.5 Å². The summed E-state index contributed by atoms with van der Waals surface area (Å²) in [6.07, 6.45) is 2.17. The molecule has 4 atom stereocenters. The minimum atomic E-state index is -0.733. The number of rotatable bonds is 9. The van der Waals surface area contributed by atoms with Gasteiger partial charge in [-0.2, -0.15) is 0 Å². The lowest BCUT2D eigenvalue weighted by Crippen LogP contribution is -2.51. The van der Waals surface area contributed by atoms with Crippen molar-refractivity contribution in [1.29, 1.82) is 0 Å². The number of aliphatic hydroxyl groups excluding tert-OH is 1. The van der Waals surface area contributed by atoms with Crippen LogP contribution in [0.25, 0.3) is 0 Å². The molecule has 0 aromatic heterocycles. The lowest BCUT2D eigenvalue weighted by Gasteiger charge is -2.32. The van der Waals surface area contributed by atoms with E-state index in [2.05, 4.69) is 11.8 Å². The molecule has 2 aliphatic rings. The summed E-state index contributed by atoms with van der Waals surface area (Å²) < 4.78 is 5.46. The SMILES string of the molecule is C[C@@H]1C[C@H]2C(=O)N([C@H](CCC(=O)OC(C)(C)C)C(=O)CCc3ccc(Cl)c(Cl)c3)CCC(CO)N2C1. The minimum absolute atomic E-state index is 0.0296. The Hall–Kier alpha value is -1.67. The van der Waals surface area contributed by atoms with Gasteiger partial charge in [0.05, 0.1) is 28.7 Å². The average molecular weight is 542 g/mol. The van der Waals surface area contributed by atoms with Crippen molar-refractivity contribution in [2.75, 3.05) is 19.7 Å². The summed E-state index contributed by atoms with van der Waals surface area (Å²) >= 11 is 12.1. The molecule has 0 radical (unpaired) electrons. The first-order valence-corrected chi connectivity index (χ1v) is 13.5. The lowest BCUT2D eigenvalue weighted by atomic mass is 9.97. The highest BCUT2D eigenvalue weighted by Gasteiger charge is 2.45. The molecule has 0 bridgehead atoms. The van der Waals surface area contributed by atoms with Gasteiger partial charge in [0.2, 0.25) is 5.91 Å². The monoisotopic (exact) mass is 540 g/mol. The number of benzene rings is 1. The third-order valence-electron chi connectivity index (χ3n) is 6.93. The van der Waals surface area contributed by atoms with Crippen LogP contribution in [0.3, 0.4) is 0 Å². The molecule has 200 valence electrons. The van der Waals surface area contributed by atoms with Crippen molar-refractivity contribution in [3.8, 4) is 0 Å². The summed E-state index contributed by atoms with van der Waals surface area (Å²) in [5, 5.41) is 10.9. The molecule has 1 N–H and O–H groups in total. The number of Topliss-reactive ketones (excluding diaryl/α,β-unsaturated/α-hetero) is 1. The zero-order chi connectivity index (χ0) is 26.6. The molecule has 1 unspecified atom stereocenters. The van der Waals surface area contributed by atoms with E-state index in [9.17, 15) is 19.5 Å². The lowest BCUT2D eigenvalue weighted by molar-refractivity contribution is -0.156. The average Bonchev–Trinajstić information content (AvgIpc) is 3.13. The van der Waals surface area contributed by atoms with Crippen molar-refractivity contribution in [2.24, 2.45) is 5.92 Å². The molecule has 2 fully saturated rings. The second-order valence-corrected chi connectivity index (χ2v) is 11.9. The maximum atomic E-state index is 13.7. The number of fused-ring (bicyclic) bond motifs is 1. The van der Waals surface area contributed by atoms with Crippen LogP contribution in [0.15, 0.2) is 18.2 Å². The molecule has 7 nitrogen and oxygen atoms in total. The molecule has 1 amide bonds. The summed E-state index contributed by atoms with van der Waals surface area (Å²) in [6.45, 7) is 8.59. The van der Waals surface area contributed by atoms with E-state index in [0.29, 0.717) is 41.8 Å². The molecule has 36 heavy (non-hydrogen) atoms. The smallest absolute Gasteiger partial charge is 0.306 e. The number of amides is 1. The standard InChI is InChI=1S/C27H38Cl2N2O5/c1-17-13-23-26(35)30(12-11-19(16-32)31(23)15-17)22(8-10-25(34)36-27(2,3)4)24(33)9-6-18-5-7-20(28)21(29)14-18/h5,7,14,17,19,22-23,32H,6,8-13,15-16H2,1-4H3/t17-,19?,22-,23+/m1/s1. The van der Waals surface area contributed by atoms with E-state index >= 15 is 0 Å². The fraction of sp³-hybridized carbons (Fsp3) is 0.667. The van der Waals surface area contributed by atoms with E-state index in [4.69, 9.17) is 27.9 Å². The second-order valence-electron chi connectivity index (χ2n) is 11.1. The number of halogens is 2. The Kier molecular flexibility index (Phi) is 9.83. The number of aryl methyl sites for hydroxylation is 1. The van der Waals surface area contributed by atoms with Gasteiger partial charge in [-0.1, -0.05) is 36.2 Å². The molecule has 0 saturated carbocycles. The van der Waals surface area contributed by atoms with Gasteiger partial charge in [0.15, 0.2) is 5.78 Å². The van der Waals surface area contributed by atoms with Crippen molar-refractivity contribution >= 4 is 40.9 Å². The van der Waals surface area contributed by atoms with Gasteiger partial charge in [0, 0.05) is 32.0 Å². The van der Waals surface area contributed by atoms with Crippen LogP contribution in [-0.4, -0.2) is 76.0 Å². The number of carbonyl (C=O) groups excluding carboxylic acids is 3. The fourth-order valence-electron chi connectivity index (χ4n) is 5.25. The highest BCUT2D eigenvalue weighted by atomic mass is 35.5. The van der Waals surface area contributed by atoms with E-state index in [1.54, 1.807) is 37.8 Å². The molecule has 1 aromatic rings. The number of hydrogen-bond donors (Lipinski definition) is 1. The van der Waals surface area contributed by atoms with Crippen LogP contribution < -0.4 is 0 Å². The fourth-order valence-corrected chi connectivity index (χ4v) is 5.57. The first-order valence-electron chi connectivity index (χ1n) is 12.7. The van der Waals surface area contributed by atoms with Crippen LogP contribution in [0.5, 0.6) is 0 Å². The number of nitrogens with zero attached hydrogens (tertiary/aromatic N) is 2. The van der Waals surface area contributed by atoms with Gasteiger partial charge in [0.25, 0.3) is 0 Å². The van der Waals surface area contributed by atoms with E-state index < -0.39 is 17.6 Å². The van der Waals surface area contributed by atoms with Gasteiger partial charge >= 0.3 is 5.97 Å². The number of aliphatic hydroxyl groups is 1. The first kappa shape index (κ1) is 28.9. The summed E-state index contributed by atoms with van der Waals surface area (Å²) in [7, 11) is 0. The topological polar surface area (TPSA) is 87.1 Å². The molecule has 0 aliphatic carbocycles. The summed E-state index contributed by atoms with van der Waals surface area (Å²) in [6, 6.07) is 4.07. The Labute approximate surface area is 224 Å². The number of esters is 1. The molecular weight excluding hydrogens is 503 g/mol. The third kappa shape index (κ3) is 7.44. The molecular formula is C27H38Cl2N2O5. The minimum Gasteiger partial charge on any atom is -0.460 e. The molecule has 2 aliphatic heterocycles. The zero-order valence-corrected chi connectivity index (χ0v) is 23.1. The van der Waals surface area contributed by atoms with Crippen molar-refractivity contribution in [3.05, 3.63) is 33.8 Å². The van der Waals surface area contributed by atoms with Crippen LogP contribution in [0.1, 0.15) is 65.4 Å². The van der Waals surface area contributed by atoms with Gasteiger partial charge < -0.3 is 14.7 Å². The quantitative estimate of drug-likeness (QED) is 0.470. The van der Waals surface area contributed by atoms with Gasteiger partial charge in [-0.05, 0) is 70.1 Å². The van der Waals surface area contributed by atoms with E-state index in [0.717, 1.165) is 12.1 Å². The van der Waals surface area contributed by atoms with Crippen LogP contribution >= 0.6 is 23.2 Å². The molecule has 0 spiro atoms. The zero-order valence-electron chi connectivity index (χ0n) is 21.6. The van der Waals surface area contributed by atoms with Gasteiger partial charge in [0.1, 0.15) is 5.60 Å². The van der Waals surface area contributed by atoms with Gasteiger partial charge in [-0.3, -0.25) is 19.3 Å². The maximum absolute atomic E-state index is 13.7. The molecule has 1 aromatic carbocycles. The maximum Gasteiger partial charge on any atom is 0.306 e.